The molecule has 6 nitrogen and oxygen atoms in total. The molecule has 0 aliphatic rings. The Kier molecular flexibility index (Phi) is 6.73. The van der Waals surface area contributed by atoms with E-state index in [0.29, 0.717) is 29.0 Å². The Bertz CT molecular complexity index is 1190. The van der Waals surface area contributed by atoms with Crippen LogP contribution in [-0.2, 0) is 16.7 Å². The molecule has 1 heterocycles. The van der Waals surface area contributed by atoms with Gasteiger partial charge in [0.15, 0.2) is 11.4 Å². The van der Waals surface area contributed by atoms with Gasteiger partial charge in [0.25, 0.3) is 0 Å². The van der Waals surface area contributed by atoms with Crippen molar-refractivity contribution in [3.8, 4) is 11.4 Å². The first-order valence-electron chi connectivity index (χ1n) is 9.74. The largest absolute Gasteiger partial charge is 0.478 e. The molecular weight excluding hydrogens is 462 g/mol. The summed E-state index contributed by atoms with van der Waals surface area (Å²) in [5.74, 6) is -1.32. The van der Waals surface area contributed by atoms with E-state index in [1.54, 1.807) is 26.0 Å². The highest BCUT2D eigenvalue weighted by Crippen LogP contribution is 2.32. The van der Waals surface area contributed by atoms with Crippen molar-refractivity contribution in [2.24, 2.45) is 0 Å². The van der Waals surface area contributed by atoms with E-state index < -0.39 is 29.1 Å². The van der Waals surface area contributed by atoms with Crippen molar-refractivity contribution in [1.29, 1.82) is 0 Å². The number of thioether (sulfide) groups is 1. The molecule has 0 unspecified atom stereocenters. The molecule has 0 fully saturated rings. The Morgan fingerprint density at radius 2 is 1.82 bits per heavy atom. The van der Waals surface area contributed by atoms with Crippen LogP contribution in [0, 0.1) is 19.7 Å². The number of halogens is 4. The number of ether oxygens (including phenoxy) is 1. The molecule has 0 amide bonds. The number of nitrogens with zero attached hydrogens (tertiary/aromatic N) is 3. The number of aromatic nitrogens is 3. The van der Waals surface area contributed by atoms with E-state index in [9.17, 15) is 27.5 Å². The molecule has 33 heavy (non-hydrogen) atoms. The van der Waals surface area contributed by atoms with Crippen LogP contribution in [0.15, 0.2) is 41.3 Å². The Morgan fingerprint density at radius 3 is 2.39 bits per heavy atom. The number of alkyl halides is 3. The number of benzene rings is 2. The summed E-state index contributed by atoms with van der Waals surface area (Å²) in [5.41, 5.74) is -0.825. The number of aryl methyl sites for hydroxylation is 2. The molecule has 11 heteroatoms. The molecule has 0 atom stereocenters. The topological polar surface area (TPSA) is 77.2 Å². The SMILES string of the molecule is Cc1cc(SCc2nn(-c3ccc(C(F)(F)F)cc3F)nc2C)ccc1OC(C)(C)C(=O)O. The van der Waals surface area contributed by atoms with E-state index in [1.807, 2.05) is 6.07 Å². The maximum absolute atomic E-state index is 14.3. The van der Waals surface area contributed by atoms with Gasteiger partial charge in [0.2, 0.25) is 0 Å². The lowest BCUT2D eigenvalue weighted by Crippen LogP contribution is -2.38. The summed E-state index contributed by atoms with van der Waals surface area (Å²) in [6.45, 7) is 6.40. The Morgan fingerprint density at radius 1 is 1.12 bits per heavy atom. The van der Waals surface area contributed by atoms with Gasteiger partial charge in [-0.15, -0.1) is 16.6 Å². The Balaban J connectivity index is 1.74. The van der Waals surface area contributed by atoms with Crippen molar-refractivity contribution < 1.29 is 32.2 Å². The molecular formula is C22H21F4N3O3S. The summed E-state index contributed by atoms with van der Waals surface area (Å²) in [4.78, 5) is 13.1. The second-order valence-corrected chi connectivity index (χ2v) is 8.87. The first-order valence-corrected chi connectivity index (χ1v) is 10.7. The molecule has 3 aromatic rings. The van der Waals surface area contributed by atoms with Crippen molar-refractivity contribution in [2.45, 2.75) is 50.1 Å². The lowest BCUT2D eigenvalue weighted by atomic mass is 10.1. The maximum atomic E-state index is 14.3. The summed E-state index contributed by atoms with van der Waals surface area (Å²) < 4.78 is 58.1. The Labute approximate surface area is 191 Å². The zero-order chi connectivity index (χ0) is 24.6. The Hall–Kier alpha value is -3.08. The molecule has 1 N–H and O–H groups in total. The van der Waals surface area contributed by atoms with Crippen LogP contribution in [0.4, 0.5) is 17.6 Å². The summed E-state index contributed by atoms with van der Waals surface area (Å²) in [6.07, 6.45) is -4.64. The first-order chi connectivity index (χ1) is 15.3. The van der Waals surface area contributed by atoms with Crippen molar-refractivity contribution in [3.05, 3.63) is 64.7 Å². The summed E-state index contributed by atoms with van der Waals surface area (Å²) in [5, 5.41) is 17.6. The van der Waals surface area contributed by atoms with Crippen LogP contribution in [0.1, 0.15) is 36.4 Å². The van der Waals surface area contributed by atoms with Crippen LogP contribution < -0.4 is 4.74 Å². The highest BCUT2D eigenvalue weighted by Gasteiger charge is 2.32. The third-order valence-electron chi connectivity index (χ3n) is 4.77. The molecule has 2 aromatic carbocycles. The molecule has 0 saturated carbocycles. The van der Waals surface area contributed by atoms with Gasteiger partial charge >= 0.3 is 12.1 Å². The fourth-order valence-electron chi connectivity index (χ4n) is 2.79. The second kappa shape index (κ2) is 9.05. The molecule has 0 aliphatic heterocycles. The number of hydrogen-bond donors (Lipinski definition) is 1. The van der Waals surface area contributed by atoms with Crippen LogP contribution in [0.2, 0.25) is 0 Å². The van der Waals surface area contributed by atoms with Crippen LogP contribution in [0.25, 0.3) is 5.69 Å². The van der Waals surface area contributed by atoms with Crippen LogP contribution in [0.3, 0.4) is 0 Å². The fourth-order valence-corrected chi connectivity index (χ4v) is 3.79. The van der Waals surface area contributed by atoms with Gasteiger partial charge < -0.3 is 9.84 Å². The van der Waals surface area contributed by atoms with Gasteiger partial charge in [0.05, 0.1) is 17.0 Å². The van der Waals surface area contributed by atoms with Gasteiger partial charge in [-0.3, -0.25) is 0 Å². The van der Waals surface area contributed by atoms with Crippen molar-refractivity contribution in [1.82, 2.24) is 15.0 Å². The number of carboxylic acids is 1. The molecule has 0 saturated heterocycles. The lowest BCUT2D eigenvalue weighted by Gasteiger charge is -2.23. The summed E-state index contributed by atoms with van der Waals surface area (Å²) in [7, 11) is 0. The van der Waals surface area contributed by atoms with Crippen LogP contribution in [0.5, 0.6) is 5.75 Å². The minimum Gasteiger partial charge on any atom is -0.478 e. The molecule has 3 rings (SSSR count). The number of rotatable bonds is 7. The van der Waals surface area contributed by atoms with Gasteiger partial charge in [0, 0.05) is 10.6 Å². The predicted octanol–water partition coefficient (Wildman–Crippen LogP) is 5.58. The number of hydrogen-bond acceptors (Lipinski definition) is 5. The van der Waals surface area contributed by atoms with E-state index in [4.69, 9.17) is 4.74 Å². The minimum atomic E-state index is -4.64. The lowest BCUT2D eigenvalue weighted by molar-refractivity contribution is -0.152. The molecule has 0 bridgehead atoms. The first kappa shape index (κ1) is 24.6. The van der Waals surface area contributed by atoms with E-state index in [-0.39, 0.29) is 5.69 Å². The smallest absolute Gasteiger partial charge is 0.416 e. The second-order valence-electron chi connectivity index (χ2n) is 7.82. The fraction of sp³-hybridized carbons (Fsp3) is 0.318. The summed E-state index contributed by atoms with van der Waals surface area (Å²) in [6, 6.07) is 7.50. The zero-order valence-corrected chi connectivity index (χ0v) is 19.0. The zero-order valence-electron chi connectivity index (χ0n) is 18.2. The average molecular weight is 483 g/mol. The van der Waals surface area contributed by atoms with Crippen LogP contribution >= 0.6 is 11.8 Å². The standard InChI is InChI=1S/C22H21F4N3O3S/c1-12-9-15(6-8-19(12)32-21(3,4)20(30)31)33-11-17-13(2)27-29(28-17)18-7-5-14(10-16(18)23)22(24,25)26/h5-10H,11H2,1-4H3,(H,30,31). The number of aliphatic carboxylic acids is 1. The van der Waals surface area contributed by atoms with Gasteiger partial charge in [-0.05, 0) is 69.7 Å². The molecule has 0 aliphatic carbocycles. The molecule has 0 spiro atoms. The van der Waals surface area contributed by atoms with Gasteiger partial charge in [-0.2, -0.15) is 23.4 Å². The molecule has 176 valence electrons. The van der Waals surface area contributed by atoms with Crippen molar-refractivity contribution >= 4 is 17.7 Å². The maximum Gasteiger partial charge on any atom is 0.416 e. The monoisotopic (exact) mass is 483 g/mol. The highest BCUT2D eigenvalue weighted by atomic mass is 32.2. The van der Waals surface area contributed by atoms with Crippen molar-refractivity contribution in [2.75, 3.05) is 0 Å². The van der Waals surface area contributed by atoms with E-state index >= 15 is 0 Å². The minimum absolute atomic E-state index is 0.180. The number of carboxylic acid groups (broad SMARTS) is 1. The quantitative estimate of drug-likeness (QED) is 0.349. The van der Waals surface area contributed by atoms with Crippen LogP contribution in [-0.4, -0.2) is 31.7 Å². The van der Waals surface area contributed by atoms with E-state index in [0.717, 1.165) is 27.4 Å². The third-order valence-corrected chi connectivity index (χ3v) is 5.78. The normalized spacial score (nSPS) is 12.1. The molecule has 0 radical (unpaired) electrons. The van der Waals surface area contributed by atoms with Gasteiger partial charge in [0.1, 0.15) is 11.4 Å². The number of carbonyl (C=O) groups is 1. The third kappa shape index (κ3) is 5.65. The van der Waals surface area contributed by atoms with E-state index in [1.165, 1.54) is 25.6 Å². The van der Waals surface area contributed by atoms with Gasteiger partial charge in [-0.25, -0.2) is 9.18 Å². The van der Waals surface area contributed by atoms with E-state index in [2.05, 4.69) is 10.2 Å². The molecule has 1 aromatic heterocycles. The van der Waals surface area contributed by atoms with Gasteiger partial charge in [-0.1, -0.05) is 0 Å². The predicted molar refractivity (Wildman–Crippen MR) is 114 cm³/mol. The highest BCUT2D eigenvalue weighted by molar-refractivity contribution is 7.98. The van der Waals surface area contributed by atoms with Crippen molar-refractivity contribution in [3.63, 3.8) is 0 Å². The summed E-state index contributed by atoms with van der Waals surface area (Å²) >= 11 is 1.42. The average Bonchev–Trinajstić information content (AvgIpc) is 3.07.